The Hall–Kier alpha value is -1.55. The summed E-state index contributed by atoms with van der Waals surface area (Å²) in [6, 6.07) is 7.43. The molecule has 1 heterocycles. The maximum absolute atomic E-state index is 12.7. The van der Waals surface area contributed by atoms with Crippen molar-refractivity contribution in [2.24, 2.45) is 5.92 Å². The first-order valence-corrected chi connectivity index (χ1v) is 7.19. The number of carboxylic acids is 1. The molecule has 1 saturated carbocycles. The van der Waals surface area contributed by atoms with Gasteiger partial charge in [-0.15, -0.1) is 0 Å². The summed E-state index contributed by atoms with van der Waals surface area (Å²) in [7, 11) is 0. The molecule has 0 spiro atoms. The Labute approximate surface area is 122 Å². The number of nitrogens with zero attached hydrogens (tertiary/aromatic N) is 1. The number of carbonyl (C=O) groups excluding carboxylic acids is 1. The highest BCUT2D eigenvalue weighted by Crippen LogP contribution is 2.46. The van der Waals surface area contributed by atoms with Gasteiger partial charge in [0.2, 0.25) is 5.91 Å². The van der Waals surface area contributed by atoms with E-state index in [4.69, 9.17) is 16.7 Å². The Balaban J connectivity index is 1.78. The predicted molar refractivity (Wildman–Crippen MR) is 74.7 cm³/mol. The topological polar surface area (TPSA) is 57.6 Å². The molecule has 0 radical (unpaired) electrons. The lowest BCUT2D eigenvalue weighted by atomic mass is 9.63. The highest BCUT2D eigenvalue weighted by atomic mass is 35.5. The zero-order valence-electron chi connectivity index (χ0n) is 11.0. The molecule has 1 aliphatic carbocycles. The van der Waals surface area contributed by atoms with Crippen molar-refractivity contribution in [1.82, 2.24) is 4.90 Å². The van der Waals surface area contributed by atoms with Gasteiger partial charge in [-0.05, 0) is 30.5 Å². The lowest BCUT2D eigenvalue weighted by molar-refractivity contribution is -0.157. The van der Waals surface area contributed by atoms with Crippen LogP contribution >= 0.6 is 11.6 Å². The maximum Gasteiger partial charge on any atom is 0.310 e. The molecule has 2 aliphatic rings. The number of halogens is 1. The Morgan fingerprint density at radius 1 is 1.20 bits per heavy atom. The molecule has 0 aromatic heterocycles. The number of carbonyl (C=O) groups is 2. The van der Waals surface area contributed by atoms with E-state index >= 15 is 0 Å². The van der Waals surface area contributed by atoms with E-state index < -0.39 is 17.3 Å². The fraction of sp³-hybridized carbons (Fsp3) is 0.467. The summed E-state index contributed by atoms with van der Waals surface area (Å²) in [6.45, 7) is 0.674. The molecule has 0 unspecified atom stereocenters. The first-order chi connectivity index (χ1) is 9.53. The Bertz CT molecular complexity index is 545. The summed E-state index contributed by atoms with van der Waals surface area (Å²) in [5.74, 6) is -1.15. The maximum atomic E-state index is 12.7. The first kappa shape index (κ1) is 13.4. The third-order valence-electron chi connectivity index (χ3n) is 4.53. The highest BCUT2D eigenvalue weighted by Gasteiger charge is 2.50. The van der Waals surface area contributed by atoms with Crippen LogP contribution in [0.4, 0.5) is 0 Å². The van der Waals surface area contributed by atoms with Crippen molar-refractivity contribution in [3.05, 3.63) is 34.9 Å². The zero-order chi connectivity index (χ0) is 14.3. The minimum Gasteiger partial charge on any atom is -0.481 e. The van der Waals surface area contributed by atoms with Gasteiger partial charge in [-0.25, -0.2) is 0 Å². The number of rotatable bonds is 3. The average molecular weight is 294 g/mol. The molecule has 1 amide bonds. The van der Waals surface area contributed by atoms with E-state index in [-0.39, 0.29) is 5.91 Å². The summed E-state index contributed by atoms with van der Waals surface area (Å²) in [4.78, 5) is 25.2. The number of benzene rings is 1. The molecule has 106 valence electrons. The molecule has 20 heavy (non-hydrogen) atoms. The number of carboxylic acid groups (broad SMARTS) is 1. The van der Waals surface area contributed by atoms with Crippen LogP contribution in [0.1, 0.15) is 24.8 Å². The third-order valence-corrected chi connectivity index (χ3v) is 4.78. The van der Waals surface area contributed by atoms with Gasteiger partial charge in [0.1, 0.15) is 0 Å². The molecule has 1 saturated heterocycles. The molecule has 1 N–H and O–H groups in total. The number of hydrogen-bond acceptors (Lipinski definition) is 2. The molecule has 1 aromatic carbocycles. The number of hydrogen-bond donors (Lipinski definition) is 1. The largest absolute Gasteiger partial charge is 0.481 e. The standard InChI is InChI=1S/C15H16ClNO3/c16-12-4-2-11(3-5-12)15(6-1-7-15)14(20)17-8-10(9-17)13(18)19/h2-5,10H,1,6-9H2,(H,18,19). The molecule has 4 nitrogen and oxygen atoms in total. The van der Waals surface area contributed by atoms with Crippen molar-refractivity contribution in [1.29, 1.82) is 0 Å². The van der Waals surface area contributed by atoms with Gasteiger partial charge in [-0.1, -0.05) is 30.2 Å². The Morgan fingerprint density at radius 2 is 1.80 bits per heavy atom. The number of aliphatic carboxylic acids is 1. The van der Waals surface area contributed by atoms with Crippen LogP contribution in [0.2, 0.25) is 5.02 Å². The quantitative estimate of drug-likeness (QED) is 0.930. The minimum absolute atomic E-state index is 0.0728. The van der Waals surface area contributed by atoms with Crippen LogP contribution in [0.25, 0.3) is 0 Å². The SMILES string of the molecule is O=C(O)C1CN(C(=O)C2(c3ccc(Cl)cc3)CCC2)C1. The van der Waals surface area contributed by atoms with Crippen molar-refractivity contribution in [2.75, 3.05) is 13.1 Å². The van der Waals surface area contributed by atoms with Crippen LogP contribution < -0.4 is 0 Å². The number of likely N-dealkylation sites (tertiary alicyclic amines) is 1. The summed E-state index contributed by atoms with van der Waals surface area (Å²) < 4.78 is 0. The molecule has 5 heteroatoms. The normalized spacial score (nSPS) is 20.9. The van der Waals surface area contributed by atoms with Crippen LogP contribution in [-0.4, -0.2) is 35.0 Å². The molecule has 0 bridgehead atoms. The van der Waals surface area contributed by atoms with Crippen molar-refractivity contribution < 1.29 is 14.7 Å². The van der Waals surface area contributed by atoms with E-state index in [1.54, 1.807) is 17.0 Å². The molecule has 3 rings (SSSR count). The third kappa shape index (κ3) is 1.99. The summed E-state index contributed by atoms with van der Waals surface area (Å²) in [5, 5.41) is 9.56. The van der Waals surface area contributed by atoms with Crippen LogP contribution in [-0.2, 0) is 15.0 Å². The number of amides is 1. The van der Waals surface area contributed by atoms with Crippen molar-refractivity contribution >= 4 is 23.5 Å². The van der Waals surface area contributed by atoms with E-state index in [1.807, 2.05) is 12.1 Å². The smallest absolute Gasteiger partial charge is 0.310 e. The van der Waals surface area contributed by atoms with Gasteiger partial charge >= 0.3 is 5.97 Å². The predicted octanol–water partition coefficient (Wildman–Crippen LogP) is 2.30. The van der Waals surface area contributed by atoms with E-state index in [9.17, 15) is 9.59 Å². The molecular formula is C15H16ClNO3. The highest BCUT2D eigenvalue weighted by molar-refractivity contribution is 6.30. The van der Waals surface area contributed by atoms with Gasteiger partial charge in [-0.2, -0.15) is 0 Å². The van der Waals surface area contributed by atoms with Gasteiger partial charge in [0, 0.05) is 18.1 Å². The summed E-state index contributed by atoms with van der Waals surface area (Å²) in [6.07, 6.45) is 2.70. The second-order valence-corrected chi connectivity index (χ2v) is 6.12. The van der Waals surface area contributed by atoms with E-state index in [0.717, 1.165) is 24.8 Å². The van der Waals surface area contributed by atoms with Crippen molar-refractivity contribution in [3.8, 4) is 0 Å². The fourth-order valence-corrected chi connectivity index (χ4v) is 3.15. The van der Waals surface area contributed by atoms with Crippen molar-refractivity contribution in [3.63, 3.8) is 0 Å². The van der Waals surface area contributed by atoms with Crippen LogP contribution in [0.5, 0.6) is 0 Å². The minimum atomic E-state index is -0.816. The molecule has 2 fully saturated rings. The van der Waals surface area contributed by atoms with Gasteiger partial charge in [0.25, 0.3) is 0 Å². The van der Waals surface area contributed by atoms with Crippen LogP contribution in [0.15, 0.2) is 24.3 Å². The zero-order valence-corrected chi connectivity index (χ0v) is 11.8. The molecular weight excluding hydrogens is 278 g/mol. The van der Waals surface area contributed by atoms with Gasteiger partial charge in [0.15, 0.2) is 0 Å². The molecule has 1 aromatic rings. The first-order valence-electron chi connectivity index (χ1n) is 6.81. The van der Waals surface area contributed by atoms with E-state index in [0.29, 0.717) is 18.1 Å². The van der Waals surface area contributed by atoms with Gasteiger partial charge in [0.05, 0.1) is 11.3 Å². The second kappa shape index (κ2) is 4.77. The van der Waals surface area contributed by atoms with E-state index in [2.05, 4.69) is 0 Å². The molecule has 0 atom stereocenters. The van der Waals surface area contributed by atoms with Gasteiger partial charge in [-0.3, -0.25) is 9.59 Å². The Kier molecular flexibility index (Phi) is 3.21. The summed E-state index contributed by atoms with van der Waals surface area (Å²) in [5.41, 5.74) is 0.547. The monoisotopic (exact) mass is 293 g/mol. The van der Waals surface area contributed by atoms with Crippen LogP contribution in [0, 0.1) is 5.92 Å². The van der Waals surface area contributed by atoms with Gasteiger partial charge < -0.3 is 10.0 Å². The second-order valence-electron chi connectivity index (χ2n) is 5.69. The van der Waals surface area contributed by atoms with E-state index in [1.165, 1.54) is 0 Å². The molecule has 1 aliphatic heterocycles. The van der Waals surface area contributed by atoms with Crippen LogP contribution in [0.3, 0.4) is 0 Å². The summed E-state index contributed by atoms with van der Waals surface area (Å²) >= 11 is 5.90. The lowest BCUT2D eigenvalue weighted by Gasteiger charge is -2.48. The Morgan fingerprint density at radius 3 is 2.25 bits per heavy atom. The van der Waals surface area contributed by atoms with Crippen molar-refractivity contribution in [2.45, 2.75) is 24.7 Å². The average Bonchev–Trinajstić information content (AvgIpc) is 2.27. The lowest BCUT2D eigenvalue weighted by Crippen LogP contribution is -2.60. The fourth-order valence-electron chi connectivity index (χ4n) is 3.03.